The summed E-state index contributed by atoms with van der Waals surface area (Å²) in [6.45, 7) is 5.40. The minimum absolute atomic E-state index is 0.413. The molecule has 0 aliphatic heterocycles. The fourth-order valence-corrected chi connectivity index (χ4v) is 2.59. The molecule has 1 atom stereocenters. The molecule has 5 nitrogen and oxygen atoms in total. The Bertz CT molecular complexity index is 744. The van der Waals surface area contributed by atoms with Gasteiger partial charge in [0.25, 0.3) is 11.8 Å². The molecule has 132 valence electrons. The zero-order valence-corrected chi connectivity index (χ0v) is 15.9. The minimum atomic E-state index is -1.93. The van der Waals surface area contributed by atoms with E-state index in [4.69, 9.17) is 0 Å². The van der Waals surface area contributed by atoms with Crippen LogP contribution < -0.4 is 10.9 Å². The van der Waals surface area contributed by atoms with Crippen molar-refractivity contribution in [1.82, 2.24) is 10.9 Å². The second-order valence-corrected chi connectivity index (χ2v) is 7.38. The number of carbonyl (C=O) groups is 2. The van der Waals surface area contributed by atoms with Gasteiger partial charge in [0.1, 0.15) is 0 Å². The Kier molecular flexibility index (Phi) is 5.98. The van der Waals surface area contributed by atoms with Crippen LogP contribution in [0.5, 0.6) is 0 Å². The van der Waals surface area contributed by atoms with Crippen LogP contribution in [0.3, 0.4) is 0 Å². The van der Waals surface area contributed by atoms with Crippen LogP contribution in [0.1, 0.15) is 29.2 Å². The maximum absolute atomic E-state index is 12.8. The fourth-order valence-electron chi connectivity index (χ4n) is 2.48. The van der Waals surface area contributed by atoms with Crippen LogP contribution in [-0.4, -0.2) is 21.7 Å². The van der Waals surface area contributed by atoms with Crippen molar-refractivity contribution in [2.45, 2.75) is 31.2 Å². The average molecular weight is 405 g/mol. The second kappa shape index (κ2) is 7.80. The summed E-state index contributed by atoms with van der Waals surface area (Å²) in [5, 5.41) is 11.3. The summed E-state index contributed by atoms with van der Waals surface area (Å²) < 4.78 is 0. The normalized spacial score (nSPS) is 12.4. The van der Waals surface area contributed by atoms with E-state index >= 15 is 0 Å². The number of aliphatic hydroxyl groups is 1. The Morgan fingerprint density at radius 3 is 1.88 bits per heavy atom. The summed E-state index contributed by atoms with van der Waals surface area (Å²) in [5.41, 5.74) is 5.38. The first kappa shape index (κ1) is 19.1. The van der Waals surface area contributed by atoms with Crippen LogP contribution in [0.25, 0.3) is 0 Å². The fraction of sp³-hybridized carbons (Fsp3) is 0.263. The molecule has 1 unspecified atom stereocenters. The Hall–Kier alpha value is -2.18. The molecule has 0 aromatic heterocycles. The number of carbonyl (C=O) groups excluding carboxylic acids is 2. The van der Waals surface area contributed by atoms with Crippen molar-refractivity contribution in [3.63, 3.8) is 0 Å². The van der Waals surface area contributed by atoms with Crippen LogP contribution in [0.2, 0.25) is 0 Å². The monoisotopic (exact) mass is 404 g/mol. The number of amides is 2. The Morgan fingerprint density at radius 1 is 1.00 bits per heavy atom. The lowest BCUT2D eigenvalue weighted by Gasteiger charge is -2.28. The summed E-state index contributed by atoms with van der Waals surface area (Å²) in [6.07, 6.45) is 0. The van der Waals surface area contributed by atoms with E-state index in [1.807, 2.05) is 26.0 Å². The number of benzene rings is 2. The molecule has 0 spiro atoms. The van der Waals surface area contributed by atoms with E-state index in [0.29, 0.717) is 11.1 Å². The Morgan fingerprint density at radius 2 is 1.48 bits per heavy atom. The predicted octanol–water partition coefficient (Wildman–Crippen LogP) is 2.47. The van der Waals surface area contributed by atoms with Gasteiger partial charge in [-0.15, -0.1) is 0 Å². The maximum atomic E-state index is 12.8. The van der Waals surface area contributed by atoms with Gasteiger partial charge in [-0.3, -0.25) is 20.4 Å². The molecule has 0 aliphatic carbocycles. The van der Waals surface area contributed by atoms with Crippen LogP contribution in [-0.2, 0) is 15.2 Å². The van der Waals surface area contributed by atoms with E-state index in [1.165, 1.54) is 0 Å². The van der Waals surface area contributed by atoms with Crippen LogP contribution in [0.15, 0.2) is 48.5 Å². The van der Waals surface area contributed by atoms with E-state index in [1.54, 1.807) is 43.3 Å². The summed E-state index contributed by atoms with van der Waals surface area (Å²) >= 11 is 3.12. The van der Waals surface area contributed by atoms with Gasteiger partial charge in [-0.1, -0.05) is 75.6 Å². The molecule has 2 aromatic carbocycles. The van der Waals surface area contributed by atoms with E-state index in [0.717, 1.165) is 11.1 Å². The lowest BCUT2D eigenvalue weighted by atomic mass is 9.84. The average Bonchev–Trinajstić information content (AvgIpc) is 2.58. The smallest absolute Gasteiger partial charge is 0.279 e. The molecule has 0 saturated heterocycles. The molecule has 3 N–H and O–H groups in total. The quantitative estimate of drug-likeness (QED) is 0.540. The summed E-state index contributed by atoms with van der Waals surface area (Å²) in [4.78, 5) is 24.1. The van der Waals surface area contributed by atoms with Gasteiger partial charge in [0.2, 0.25) is 0 Å². The largest absolute Gasteiger partial charge is 0.372 e. The molecule has 0 saturated carbocycles. The number of alkyl halides is 1. The van der Waals surface area contributed by atoms with Gasteiger partial charge in [-0.2, -0.15) is 0 Å². The number of nitrogens with one attached hydrogen (secondary N) is 2. The molecule has 25 heavy (non-hydrogen) atoms. The molecule has 2 aromatic rings. The van der Waals surface area contributed by atoms with Crippen LogP contribution in [0, 0.1) is 13.8 Å². The van der Waals surface area contributed by atoms with Gasteiger partial charge < -0.3 is 5.11 Å². The topological polar surface area (TPSA) is 78.4 Å². The van der Waals surface area contributed by atoms with E-state index < -0.39 is 22.2 Å². The standard InChI is InChI=1S/C19H21BrN2O3/c1-12-6-4-8-15(10-12)19(25,16-9-5-7-13(2)11-16)18(24)22-21-17(23)14(3)20/h4-11,14,25H,1-3H3,(H,21,23)(H,22,24). The van der Waals surface area contributed by atoms with E-state index in [2.05, 4.69) is 26.8 Å². The van der Waals surface area contributed by atoms with Crippen molar-refractivity contribution in [2.24, 2.45) is 0 Å². The molecule has 6 heteroatoms. The van der Waals surface area contributed by atoms with Gasteiger partial charge in [-0.05, 0) is 31.9 Å². The van der Waals surface area contributed by atoms with E-state index in [9.17, 15) is 14.7 Å². The second-order valence-electron chi connectivity index (χ2n) is 6.01. The Balaban J connectivity index is 2.45. The van der Waals surface area contributed by atoms with Crippen molar-refractivity contribution in [1.29, 1.82) is 0 Å². The third kappa shape index (κ3) is 4.27. The number of hydrazine groups is 1. The van der Waals surface area contributed by atoms with Gasteiger partial charge in [0.05, 0.1) is 4.83 Å². The van der Waals surface area contributed by atoms with Crippen LogP contribution in [0.4, 0.5) is 0 Å². The molecular weight excluding hydrogens is 384 g/mol. The summed E-state index contributed by atoms with van der Waals surface area (Å²) in [7, 11) is 0. The summed E-state index contributed by atoms with van der Waals surface area (Å²) in [5.74, 6) is -1.14. The molecule has 2 amide bonds. The molecular formula is C19H21BrN2O3. The highest BCUT2D eigenvalue weighted by Gasteiger charge is 2.40. The highest BCUT2D eigenvalue weighted by atomic mass is 79.9. The maximum Gasteiger partial charge on any atom is 0.279 e. The number of halogens is 1. The molecule has 0 fully saturated rings. The van der Waals surface area contributed by atoms with Gasteiger partial charge >= 0.3 is 0 Å². The molecule has 2 rings (SSSR count). The highest BCUT2D eigenvalue weighted by molar-refractivity contribution is 9.10. The number of hydrogen-bond acceptors (Lipinski definition) is 3. The van der Waals surface area contributed by atoms with Crippen molar-refractivity contribution >= 4 is 27.7 Å². The first-order chi connectivity index (χ1) is 11.7. The third-order valence-corrected chi connectivity index (χ3v) is 4.28. The lowest BCUT2D eigenvalue weighted by Crippen LogP contribution is -2.53. The first-order valence-electron chi connectivity index (χ1n) is 7.86. The number of rotatable bonds is 4. The Labute approximate surface area is 155 Å². The lowest BCUT2D eigenvalue weighted by molar-refractivity contribution is -0.140. The number of hydrogen-bond donors (Lipinski definition) is 3. The SMILES string of the molecule is Cc1cccc(C(O)(C(=O)NNC(=O)C(C)Br)c2cccc(C)c2)c1. The summed E-state index contributed by atoms with van der Waals surface area (Å²) in [6, 6.07) is 14.2. The van der Waals surface area contributed by atoms with Crippen molar-refractivity contribution < 1.29 is 14.7 Å². The van der Waals surface area contributed by atoms with Crippen molar-refractivity contribution in [2.75, 3.05) is 0 Å². The molecule has 0 aliphatic rings. The van der Waals surface area contributed by atoms with Gasteiger partial charge in [0, 0.05) is 0 Å². The first-order valence-corrected chi connectivity index (χ1v) is 8.77. The highest BCUT2D eigenvalue weighted by Crippen LogP contribution is 2.31. The van der Waals surface area contributed by atoms with Crippen molar-refractivity contribution in [3.05, 3.63) is 70.8 Å². The minimum Gasteiger partial charge on any atom is -0.372 e. The molecule has 0 bridgehead atoms. The zero-order chi connectivity index (χ0) is 18.6. The predicted molar refractivity (Wildman–Crippen MR) is 100 cm³/mol. The van der Waals surface area contributed by atoms with E-state index in [-0.39, 0.29) is 0 Å². The number of aryl methyl sites for hydroxylation is 2. The molecule has 0 heterocycles. The van der Waals surface area contributed by atoms with Gasteiger partial charge in [-0.25, -0.2) is 0 Å². The third-order valence-electron chi connectivity index (χ3n) is 3.86. The van der Waals surface area contributed by atoms with Gasteiger partial charge in [0.15, 0.2) is 5.60 Å². The molecule has 0 radical (unpaired) electrons. The van der Waals surface area contributed by atoms with Crippen molar-refractivity contribution in [3.8, 4) is 0 Å². The zero-order valence-electron chi connectivity index (χ0n) is 14.3. The van der Waals surface area contributed by atoms with Crippen LogP contribution >= 0.6 is 15.9 Å².